The van der Waals surface area contributed by atoms with Crippen LogP contribution in [0.4, 0.5) is 31.4 Å². The highest BCUT2D eigenvalue weighted by atomic mass is 32.1. The van der Waals surface area contributed by atoms with Crippen LogP contribution in [0.5, 0.6) is 0 Å². The van der Waals surface area contributed by atoms with Crippen molar-refractivity contribution >= 4 is 109 Å². The summed E-state index contributed by atoms with van der Waals surface area (Å²) < 4.78 is 0. The Labute approximate surface area is 261 Å². The van der Waals surface area contributed by atoms with Crippen molar-refractivity contribution in [1.82, 2.24) is 0 Å². The molecule has 4 aromatic carbocycles. The minimum absolute atomic E-state index is 0.0313. The fraction of sp³-hybridized carbons (Fsp3) is 0.111. The number of rotatable bonds is 6. The molecule has 8 aromatic rings. The van der Waals surface area contributed by atoms with Crippen molar-refractivity contribution in [2.24, 2.45) is 0 Å². The van der Waals surface area contributed by atoms with Gasteiger partial charge in [-0.1, -0.05) is 51.1 Å². The Kier molecular flexibility index (Phi) is 6.16. The molecule has 0 aliphatic heterocycles. The normalized spacial score (nSPS) is 12.2. The van der Waals surface area contributed by atoms with Gasteiger partial charge in [-0.25, -0.2) is 0 Å². The minimum atomic E-state index is -0.0313. The van der Waals surface area contributed by atoms with Gasteiger partial charge in [0.15, 0.2) is 0 Å². The predicted octanol–water partition coefficient (Wildman–Crippen LogP) is 13.1. The van der Waals surface area contributed by atoms with Crippen LogP contribution in [0.2, 0.25) is 0 Å². The summed E-state index contributed by atoms with van der Waals surface area (Å²) in [5.74, 6) is 0. The number of hydrogen-bond donors (Lipinski definition) is 0. The summed E-state index contributed by atoms with van der Waals surface area (Å²) in [4.78, 5) is 4.89. The molecule has 0 aliphatic rings. The van der Waals surface area contributed by atoms with Crippen molar-refractivity contribution in [2.75, 3.05) is 9.80 Å². The quantitative estimate of drug-likeness (QED) is 0.172. The van der Waals surface area contributed by atoms with Crippen molar-refractivity contribution in [3.05, 3.63) is 118 Å². The lowest BCUT2D eigenvalue weighted by Gasteiger charge is -2.30. The standard InChI is InChI=1S/C36H28N2S4/c1-36(2,3)27-22-29(38(32-10-6-20-41-32)33-11-7-21-42-33)26-14-12-23-13-17-28(25-16-15-24(27)35(26)34(23)25)37(30-8-4-18-39-30)31-9-5-19-40-31/h4-22H,1-3H3. The summed E-state index contributed by atoms with van der Waals surface area (Å²) in [6.07, 6.45) is 0. The third-order valence-electron chi connectivity index (χ3n) is 7.93. The number of benzene rings is 4. The molecule has 4 heterocycles. The van der Waals surface area contributed by atoms with Crippen LogP contribution in [-0.2, 0) is 5.41 Å². The van der Waals surface area contributed by atoms with Crippen molar-refractivity contribution in [3.63, 3.8) is 0 Å². The van der Waals surface area contributed by atoms with Crippen molar-refractivity contribution in [1.29, 1.82) is 0 Å². The fourth-order valence-electron chi connectivity index (χ4n) is 6.14. The van der Waals surface area contributed by atoms with E-state index >= 15 is 0 Å². The number of thiophene rings is 4. The molecule has 0 aliphatic carbocycles. The summed E-state index contributed by atoms with van der Waals surface area (Å²) in [5.41, 5.74) is 3.80. The van der Waals surface area contributed by atoms with Crippen molar-refractivity contribution < 1.29 is 0 Å². The van der Waals surface area contributed by atoms with E-state index in [0.717, 1.165) is 0 Å². The molecule has 2 nitrogen and oxygen atoms in total. The number of nitrogens with zero attached hydrogens (tertiary/aromatic N) is 2. The summed E-state index contributed by atoms with van der Waals surface area (Å²) in [7, 11) is 0. The molecule has 0 N–H and O–H groups in total. The minimum Gasteiger partial charge on any atom is -0.292 e. The van der Waals surface area contributed by atoms with E-state index < -0.39 is 0 Å². The maximum Gasteiger partial charge on any atom is 0.101 e. The number of anilines is 6. The molecule has 8 rings (SSSR count). The molecule has 0 bridgehead atoms. The molecular formula is C36H28N2S4. The molecular weight excluding hydrogens is 589 g/mol. The first-order chi connectivity index (χ1) is 20.5. The largest absolute Gasteiger partial charge is 0.292 e. The van der Waals surface area contributed by atoms with Gasteiger partial charge < -0.3 is 0 Å². The Hall–Kier alpha value is -3.68. The second-order valence-electron chi connectivity index (χ2n) is 11.5. The summed E-state index contributed by atoms with van der Waals surface area (Å²) in [6, 6.07) is 33.9. The molecule has 0 fully saturated rings. The first-order valence-corrected chi connectivity index (χ1v) is 17.5. The lowest BCUT2D eigenvalue weighted by atomic mass is 9.80. The Balaban J connectivity index is 1.49. The highest BCUT2D eigenvalue weighted by Crippen LogP contribution is 2.51. The van der Waals surface area contributed by atoms with Crippen LogP contribution in [-0.4, -0.2) is 0 Å². The lowest BCUT2D eigenvalue weighted by Crippen LogP contribution is -2.15. The molecule has 4 aromatic heterocycles. The van der Waals surface area contributed by atoms with Gasteiger partial charge in [0.1, 0.15) is 20.0 Å². The van der Waals surface area contributed by atoms with Gasteiger partial charge in [0.05, 0.1) is 11.4 Å². The van der Waals surface area contributed by atoms with Crippen LogP contribution in [0.25, 0.3) is 32.3 Å². The third-order valence-corrected chi connectivity index (χ3v) is 11.3. The first kappa shape index (κ1) is 26.0. The zero-order valence-electron chi connectivity index (χ0n) is 23.5. The van der Waals surface area contributed by atoms with E-state index in [-0.39, 0.29) is 5.41 Å². The van der Waals surface area contributed by atoms with Gasteiger partial charge in [-0.05, 0) is 115 Å². The zero-order valence-corrected chi connectivity index (χ0v) is 26.8. The molecule has 0 atom stereocenters. The molecule has 0 spiro atoms. The highest BCUT2D eigenvalue weighted by Gasteiger charge is 2.27. The van der Waals surface area contributed by atoms with E-state index in [1.165, 1.54) is 69.3 Å². The van der Waals surface area contributed by atoms with Gasteiger partial charge in [-0.2, -0.15) is 0 Å². The first-order valence-electron chi connectivity index (χ1n) is 14.0. The van der Waals surface area contributed by atoms with Crippen LogP contribution in [0, 0.1) is 0 Å². The van der Waals surface area contributed by atoms with Gasteiger partial charge in [-0.3, -0.25) is 9.80 Å². The summed E-state index contributed by atoms with van der Waals surface area (Å²) >= 11 is 7.14. The van der Waals surface area contributed by atoms with Gasteiger partial charge >= 0.3 is 0 Å². The van der Waals surface area contributed by atoms with Gasteiger partial charge in [0.25, 0.3) is 0 Å². The Bertz CT molecular complexity index is 2050. The van der Waals surface area contributed by atoms with Crippen LogP contribution >= 0.6 is 45.3 Å². The van der Waals surface area contributed by atoms with E-state index in [0.29, 0.717) is 0 Å². The van der Waals surface area contributed by atoms with Gasteiger partial charge in [0.2, 0.25) is 0 Å². The molecule has 0 radical (unpaired) electrons. The van der Waals surface area contributed by atoms with E-state index in [4.69, 9.17) is 0 Å². The predicted molar refractivity (Wildman–Crippen MR) is 190 cm³/mol. The van der Waals surface area contributed by atoms with Crippen LogP contribution in [0.3, 0.4) is 0 Å². The Morgan fingerprint density at radius 2 is 0.929 bits per heavy atom. The Morgan fingerprint density at radius 3 is 1.43 bits per heavy atom. The second-order valence-corrected chi connectivity index (χ2v) is 15.2. The molecule has 6 heteroatoms. The van der Waals surface area contributed by atoms with E-state index in [2.05, 4.69) is 143 Å². The topological polar surface area (TPSA) is 6.48 Å². The summed E-state index contributed by atoms with van der Waals surface area (Å²) in [6.45, 7) is 7.01. The maximum absolute atomic E-state index is 2.46. The monoisotopic (exact) mass is 616 g/mol. The zero-order chi connectivity index (χ0) is 28.4. The molecule has 0 saturated heterocycles. The summed E-state index contributed by atoms with van der Waals surface area (Å²) in [5, 5.41) is 21.5. The van der Waals surface area contributed by atoms with Crippen molar-refractivity contribution in [2.45, 2.75) is 26.2 Å². The second kappa shape index (κ2) is 9.96. The van der Waals surface area contributed by atoms with Crippen LogP contribution in [0.1, 0.15) is 26.3 Å². The fourth-order valence-corrected chi connectivity index (χ4v) is 9.28. The smallest absolute Gasteiger partial charge is 0.101 e. The van der Waals surface area contributed by atoms with Crippen molar-refractivity contribution in [3.8, 4) is 0 Å². The highest BCUT2D eigenvalue weighted by molar-refractivity contribution is 7.17. The molecule has 0 amide bonds. The number of hydrogen-bond acceptors (Lipinski definition) is 6. The molecule has 0 unspecified atom stereocenters. The van der Waals surface area contributed by atoms with Gasteiger partial charge in [-0.15, -0.1) is 45.3 Å². The molecule has 0 saturated carbocycles. The molecule has 206 valence electrons. The molecule has 42 heavy (non-hydrogen) atoms. The Morgan fingerprint density at radius 1 is 0.476 bits per heavy atom. The van der Waals surface area contributed by atoms with Crippen LogP contribution in [0.15, 0.2) is 113 Å². The van der Waals surface area contributed by atoms with Crippen LogP contribution < -0.4 is 9.80 Å². The van der Waals surface area contributed by atoms with E-state index in [9.17, 15) is 0 Å². The van der Waals surface area contributed by atoms with Gasteiger partial charge in [0, 0.05) is 10.8 Å². The average molecular weight is 617 g/mol. The SMILES string of the molecule is CC(C)(C)c1cc(N(c2cccs2)c2cccs2)c2ccc3ccc(N(c4cccs4)c4cccs4)c4ccc1c2c34. The lowest BCUT2D eigenvalue weighted by molar-refractivity contribution is 0.596. The average Bonchev–Trinajstić information content (AvgIpc) is 3.81. The maximum atomic E-state index is 2.46. The van der Waals surface area contributed by atoms with E-state index in [1.807, 2.05) is 0 Å². The third kappa shape index (κ3) is 4.08. The van der Waals surface area contributed by atoms with E-state index in [1.54, 1.807) is 45.3 Å².